The third-order valence-electron chi connectivity index (χ3n) is 6.17. The Morgan fingerprint density at radius 3 is 2.15 bits per heavy atom. The van der Waals surface area contributed by atoms with Crippen molar-refractivity contribution in [2.75, 3.05) is 34.0 Å². The van der Waals surface area contributed by atoms with Crippen LogP contribution in [0, 0.1) is 12.7 Å². The van der Waals surface area contributed by atoms with Gasteiger partial charge in [0.15, 0.2) is 11.5 Å². The summed E-state index contributed by atoms with van der Waals surface area (Å²) in [5, 5.41) is 11.3. The molecule has 3 amide bonds. The number of aryl methyl sites for hydroxylation is 2. The van der Waals surface area contributed by atoms with Crippen molar-refractivity contribution < 1.29 is 42.3 Å². The van der Waals surface area contributed by atoms with Crippen LogP contribution in [0.3, 0.4) is 0 Å². The van der Waals surface area contributed by atoms with E-state index in [0.29, 0.717) is 11.3 Å². The third-order valence-corrected chi connectivity index (χ3v) is 6.17. The Bertz CT molecular complexity index is 1180. The van der Waals surface area contributed by atoms with Gasteiger partial charge in [-0.05, 0) is 38.3 Å². The zero-order valence-corrected chi connectivity index (χ0v) is 22.2. The highest BCUT2D eigenvalue weighted by atomic mass is 19.1. The molecular weight excluding hydrogens is 515 g/mol. The second-order valence-corrected chi connectivity index (χ2v) is 9.40. The molecule has 4 atom stereocenters. The fraction of sp³-hybridized carbons (Fsp3) is 0.500. The second kappa shape index (κ2) is 13.4. The number of rotatable bonds is 15. The largest absolute Gasteiger partial charge is 0.382 e. The van der Waals surface area contributed by atoms with E-state index in [9.17, 15) is 23.6 Å². The molecule has 0 aliphatic carbocycles. The van der Waals surface area contributed by atoms with Gasteiger partial charge < -0.3 is 34.7 Å². The van der Waals surface area contributed by atoms with Crippen LogP contribution in [0.25, 0.3) is 0 Å². The van der Waals surface area contributed by atoms with Gasteiger partial charge in [0.25, 0.3) is 5.91 Å². The molecule has 13 heteroatoms. The van der Waals surface area contributed by atoms with E-state index in [0.717, 1.165) is 0 Å². The van der Waals surface area contributed by atoms with Gasteiger partial charge in [-0.2, -0.15) is 0 Å². The van der Waals surface area contributed by atoms with Gasteiger partial charge in [-0.1, -0.05) is 23.4 Å². The van der Waals surface area contributed by atoms with E-state index in [4.69, 9.17) is 18.7 Å². The molecule has 3 N–H and O–H groups in total. The van der Waals surface area contributed by atoms with Crippen LogP contribution in [0.15, 0.2) is 34.9 Å². The fourth-order valence-electron chi connectivity index (χ4n) is 3.84. The Balaban J connectivity index is 1.69. The Morgan fingerprint density at radius 1 is 1.03 bits per heavy atom. The molecular formula is C26H33FN4O8. The highest BCUT2D eigenvalue weighted by Gasteiger charge is 2.50. The van der Waals surface area contributed by atoms with E-state index in [-0.39, 0.29) is 44.1 Å². The van der Waals surface area contributed by atoms with E-state index in [1.807, 2.05) is 0 Å². The van der Waals surface area contributed by atoms with Crippen molar-refractivity contribution in [3.8, 4) is 0 Å². The molecule has 1 aliphatic heterocycles. The number of nitrogens with one attached hydrogen (secondary N) is 3. The topological polar surface area (TPSA) is 161 Å². The first kappa shape index (κ1) is 29.9. The lowest BCUT2D eigenvalue weighted by molar-refractivity contribution is -0.134. The monoisotopic (exact) mass is 548 g/mol. The molecule has 0 unspecified atom stereocenters. The van der Waals surface area contributed by atoms with Crippen LogP contribution in [-0.2, 0) is 35.0 Å². The van der Waals surface area contributed by atoms with E-state index in [1.165, 1.54) is 26.4 Å². The third kappa shape index (κ3) is 8.15. The lowest BCUT2D eigenvalue weighted by Crippen LogP contribution is -2.58. The summed E-state index contributed by atoms with van der Waals surface area (Å²) >= 11 is 0. The summed E-state index contributed by atoms with van der Waals surface area (Å²) < 4.78 is 34.5. The Kier molecular flexibility index (Phi) is 10.3. The average Bonchev–Trinajstić information content (AvgIpc) is 3.51. The maximum atomic E-state index is 14.2. The minimum Gasteiger partial charge on any atom is -0.382 e. The van der Waals surface area contributed by atoms with Crippen molar-refractivity contribution in [2.24, 2.45) is 0 Å². The van der Waals surface area contributed by atoms with Gasteiger partial charge in [-0.15, -0.1) is 0 Å². The van der Waals surface area contributed by atoms with Crippen molar-refractivity contribution in [1.29, 1.82) is 0 Å². The number of halogens is 1. The average molecular weight is 549 g/mol. The molecule has 0 radical (unpaired) electrons. The van der Waals surface area contributed by atoms with Crippen LogP contribution in [0.5, 0.6) is 0 Å². The number of aromatic nitrogens is 1. The van der Waals surface area contributed by atoms with Crippen molar-refractivity contribution in [3.63, 3.8) is 0 Å². The second-order valence-electron chi connectivity index (χ2n) is 9.40. The number of hydrogen-bond acceptors (Lipinski definition) is 9. The summed E-state index contributed by atoms with van der Waals surface area (Å²) in [6, 6.07) is 4.17. The zero-order chi connectivity index (χ0) is 28.6. The van der Waals surface area contributed by atoms with Crippen molar-refractivity contribution in [2.45, 2.75) is 50.4 Å². The number of amides is 3. The standard InChI is InChI=1S/C26H33FN4O8/c1-15-11-19(31-39-15)23(33)29-21(13-37-4)25(35)30-20(12-36-3)24(34)28-18(22(32)26(2)14-38-26)10-9-16-7-5-6-8-17(16)27/h5-8,11,18,20-21H,9-10,12-14H2,1-4H3,(H,28,34)(H,29,33)(H,30,35)/t18-,20-,21-,26+/m0/s1. The fourth-order valence-corrected chi connectivity index (χ4v) is 3.84. The number of ether oxygens (including phenoxy) is 3. The van der Waals surface area contributed by atoms with E-state index in [1.54, 1.807) is 32.0 Å². The van der Waals surface area contributed by atoms with E-state index in [2.05, 4.69) is 21.1 Å². The van der Waals surface area contributed by atoms with Gasteiger partial charge in [0.1, 0.15) is 29.3 Å². The normalized spacial score (nSPS) is 18.5. The summed E-state index contributed by atoms with van der Waals surface area (Å²) in [5.74, 6) is -2.46. The number of benzene rings is 1. The molecule has 2 aromatic rings. The van der Waals surface area contributed by atoms with E-state index < -0.39 is 47.3 Å². The summed E-state index contributed by atoms with van der Waals surface area (Å²) in [5.41, 5.74) is -0.672. The number of nitrogens with zero attached hydrogens (tertiary/aromatic N) is 1. The highest BCUT2D eigenvalue weighted by molar-refractivity contribution is 5.99. The summed E-state index contributed by atoms with van der Waals surface area (Å²) in [6.45, 7) is 3.01. The minimum absolute atomic E-state index is 0.0282. The molecule has 0 saturated carbocycles. The van der Waals surface area contributed by atoms with Crippen LogP contribution < -0.4 is 16.0 Å². The first-order chi connectivity index (χ1) is 18.6. The van der Waals surface area contributed by atoms with Crippen LogP contribution in [0.2, 0.25) is 0 Å². The summed E-state index contributed by atoms with van der Waals surface area (Å²) in [4.78, 5) is 51.8. The maximum absolute atomic E-state index is 14.2. The molecule has 1 aromatic carbocycles. The van der Waals surface area contributed by atoms with Crippen LogP contribution in [-0.4, -0.2) is 86.4 Å². The molecule has 212 valence electrons. The maximum Gasteiger partial charge on any atom is 0.274 e. The molecule has 1 fully saturated rings. The lowest BCUT2D eigenvalue weighted by atomic mass is 9.94. The molecule has 1 aliphatic rings. The first-order valence-corrected chi connectivity index (χ1v) is 12.3. The molecule has 1 aromatic heterocycles. The van der Waals surface area contributed by atoms with Crippen molar-refractivity contribution in [1.82, 2.24) is 21.1 Å². The Labute approximate surface area is 224 Å². The van der Waals surface area contributed by atoms with Crippen LogP contribution in [0.4, 0.5) is 4.39 Å². The molecule has 39 heavy (non-hydrogen) atoms. The van der Waals surface area contributed by atoms with Gasteiger partial charge in [0, 0.05) is 20.3 Å². The van der Waals surface area contributed by atoms with Crippen LogP contribution in [0.1, 0.15) is 35.2 Å². The van der Waals surface area contributed by atoms with E-state index >= 15 is 0 Å². The minimum atomic E-state index is -1.22. The SMILES string of the molecule is COC[C@H](NC(=O)c1cc(C)on1)C(=O)N[C@@H](COC)C(=O)N[C@@H](CCc1ccccc1F)C(=O)[C@@]1(C)CO1. The predicted octanol–water partition coefficient (Wildman–Crippen LogP) is 0.474. The number of carbonyl (C=O) groups is 4. The number of hydrogen-bond donors (Lipinski definition) is 3. The van der Waals surface area contributed by atoms with Crippen molar-refractivity contribution >= 4 is 23.5 Å². The zero-order valence-electron chi connectivity index (χ0n) is 22.2. The van der Waals surface area contributed by atoms with Gasteiger partial charge in [-0.25, -0.2) is 4.39 Å². The molecule has 1 saturated heterocycles. The molecule has 12 nitrogen and oxygen atoms in total. The quantitative estimate of drug-likeness (QED) is 0.269. The number of carbonyl (C=O) groups excluding carboxylic acids is 4. The molecule has 2 heterocycles. The van der Waals surface area contributed by atoms with Crippen molar-refractivity contribution in [3.05, 3.63) is 53.2 Å². The Hall–Kier alpha value is -3.68. The molecule has 0 spiro atoms. The highest BCUT2D eigenvalue weighted by Crippen LogP contribution is 2.29. The smallest absolute Gasteiger partial charge is 0.274 e. The number of Topliss-reactive ketones (excluding diaryl/α,β-unsaturated/α-hetero) is 1. The Morgan fingerprint density at radius 2 is 1.62 bits per heavy atom. The molecule has 0 bridgehead atoms. The van der Waals surface area contributed by atoms with Gasteiger partial charge >= 0.3 is 0 Å². The number of ketones is 1. The number of epoxide rings is 1. The molecule has 3 rings (SSSR count). The summed E-state index contributed by atoms with van der Waals surface area (Å²) in [6.07, 6.45) is 0.293. The van der Waals surface area contributed by atoms with Gasteiger partial charge in [-0.3, -0.25) is 19.2 Å². The van der Waals surface area contributed by atoms with Gasteiger partial charge in [0.2, 0.25) is 11.8 Å². The summed E-state index contributed by atoms with van der Waals surface area (Å²) in [7, 11) is 2.69. The first-order valence-electron chi connectivity index (χ1n) is 12.3. The lowest BCUT2D eigenvalue weighted by Gasteiger charge is -2.25. The predicted molar refractivity (Wildman–Crippen MR) is 134 cm³/mol. The van der Waals surface area contributed by atoms with Crippen LogP contribution >= 0.6 is 0 Å². The number of methoxy groups -OCH3 is 2. The van der Waals surface area contributed by atoms with Gasteiger partial charge in [0.05, 0.1) is 25.9 Å².